The largest absolute Gasteiger partial charge is 0.496 e. The van der Waals surface area contributed by atoms with Crippen molar-refractivity contribution in [3.8, 4) is 17.0 Å². The Labute approximate surface area is 202 Å². The molecule has 0 saturated heterocycles. The Hall–Kier alpha value is -4.21. The standard InChI is InChI=1S/C26H19F5N2O3/c1-4-14-7-5-8-18(26(29,30)31)17(14)13-33-21-10-6-9-19(27)23(21)24(32-33)15-12-22(35-2)16(11-20(15)28)25(34)36-3/h4-12H,1,13H2,2-3H3. The van der Waals surface area contributed by atoms with Crippen LogP contribution in [0.25, 0.3) is 28.2 Å². The van der Waals surface area contributed by atoms with Crippen LogP contribution in [0.3, 0.4) is 0 Å². The van der Waals surface area contributed by atoms with E-state index in [4.69, 9.17) is 4.74 Å². The Kier molecular flexibility index (Phi) is 6.53. The van der Waals surface area contributed by atoms with Crippen LogP contribution >= 0.6 is 0 Å². The number of carbonyl (C=O) groups is 1. The number of benzene rings is 3. The number of methoxy groups -OCH3 is 2. The van der Waals surface area contributed by atoms with E-state index in [1.54, 1.807) is 0 Å². The maximum Gasteiger partial charge on any atom is 0.416 e. The molecule has 0 atom stereocenters. The van der Waals surface area contributed by atoms with E-state index in [-0.39, 0.29) is 44.6 Å². The predicted octanol–water partition coefficient (Wildman–Crippen LogP) is 6.49. The Morgan fingerprint density at radius 2 is 1.81 bits per heavy atom. The van der Waals surface area contributed by atoms with Gasteiger partial charge in [-0.15, -0.1) is 0 Å². The molecule has 0 saturated carbocycles. The van der Waals surface area contributed by atoms with Gasteiger partial charge in [-0.1, -0.05) is 30.9 Å². The summed E-state index contributed by atoms with van der Waals surface area (Å²) in [5.41, 5.74) is -1.22. The molecule has 0 aliphatic carbocycles. The van der Waals surface area contributed by atoms with Crippen LogP contribution in [0.2, 0.25) is 0 Å². The molecule has 4 aromatic rings. The molecule has 0 amide bonds. The minimum atomic E-state index is -4.66. The molecule has 5 nitrogen and oxygen atoms in total. The number of rotatable bonds is 6. The second-order valence-corrected chi connectivity index (χ2v) is 7.74. The topological polar surface area (TPSA) is 53.4 Å². The maximum absolute atomic E-state index is 15.2. The first-order valence-electron chi connectivity index (χ1n) is 10.5. The van der Waals surface area contributed by atoms with Crippen molar-refractivity contribution in [2.75, 3.05) is 14.2 Å². The fraction of sp³-hybridized carbons (Fsp3) is 0.154. The van der Waals surface area contributed by atoms with Crippen molar-refractivity contribution in [2.45, 2.75) is 12.7 Å². The van der Waals surface area contributed by atoms with Gasteiger partial charge >= 0.3 is 12.1 Å². The van der Waals surface area contributed by atoms with Crippen molar-refractivity contribution in [3.63, 3.8) is 0 Å². The van der Waals surface area contributed by atoms with Gasteiger partial charge in [-0.2, -0.15) is 18.3 Å². The second-order valence-electron chi connectivity index (χ2n) is 7.74. The molecule has 10 heteroatoms. The first-order valence-corrected chi connectivity index (χ1v) is 10.5. The molecule has 0 aliphatic rings. The van der Waals surface area contributed by atoms with Crippen molar-refractivity contribution in [3.05, 3.63) is 89.0 Å². The molecule has 1 aromatic heterocycles. The van der Waals surface area contributed by atoms with E-state index in [0.717, 1.165) is 25.3 Å². The molecule has 4 rings (SSSR count). The second kappa shape index (κ2) is 9.44. The highest BCUT2D eigenvalue weighted by atomic mass is 19.4. The molecule has 0 bridgehead atoms. The first-order chi connectivity index (χ1) is 17.1. The van der Waals surface area contributed by atoms with E-state index < -0.39 is 35.9 Å². The molecule has 3 aromatic carbocycles. The molecule has 0 radical (unpaired) electrons. The monoisotopic (exact) mass is 502 g/mol. The lowest BCUT2D eigenvalue weighted by Gasteiger charge is -2.16. The summed E-state index contributed by atoms with van der Waals surface area (Å²) in [6.07, 6.45) is -3.37. The van der Waals surface area contributed by atoms with E-state index in [9.17, 15) is 22.4 Å². The Balaban J connectivity index is 1.96. The fourth-order valence-electron chi connectivity index (χ4n) is 4.06. The summed E-state index contributed by atoms with van der Waals surface area (Å²) < 4.78 is 82.4. The molecular weight excluding hydrogens is 483 g/mol. The van der Waals surface area contributed by atoms with E-state index >= 15 is 4.39 Å². The Morgan fingerprint density at radius 1 is 1.08 bits per heavy atom. The van der Waals surface area contributed by atoms with Crippen molar-refractivity contribution in [1.29, 1.82) is 0 Å². The zero-order chi connectivity index (χ0) is 26.2. The molecular formula is C26H19F5N2O3. The quantitative estimate of drug-likeness (QED) is 0.224. The van der Waals surface area contributed by atoms with Gasteiger partial charge in [-0.25, -0.2) is 13.6 Å². The van der Waals surface area contributed by atoms with Gasteiger partial charge in [0.2, 0.25) is 0 Å². The molecule has 0 spiro atoms. The average molecular weight is 502 g/mol. The van der Waals surface area contributed by atoms with Crippen LogP contribution in [0.1, 0.15) is 27.0 Å². The van der Waals surface area contributed by atoms with Crippen LogP contribution in [0.4, 0.5) is 22.0 Å². The van der Waals surface area contributed by atoms with Crippen LogP contribution in [-0.4, -0.2) is 30.0 Å². The Morgan fingerprint density at radius 3 is 2.44 bits per heavy atom. The summed E-state index contributed by atoms with van der Waals surface area (Å²) in [7, 11) is 2.38. The highest BCUT2D eigenvalue weighted by Crippen LogP contribution is 2.38. The smallest absolute Gasteiger partial charge is 0.416 e. The molecule has 36 heavy (non-hydrogen) atoms. The SMILES string of the molecule is C=Cc1cccc(C(F)(F)F)c1Cn1nc(-c2cc(OC)c(C(=O)OC)cc2F)c2c(F)cccc21. The van der Waals surface area contributed by atoms with Gasteiger partial charge in [0.1, 0.15) is 28.6 Å². The zero-order valence-corrected chi connectivity index (χ0v) is 19.1. The summed E-state index contributed by atoms with van der Waals surface area (Å²) in [5.74, 6) is -2.57. The van der Waals surface area contributed by atoms with Crippen LogP contribution in [0, 0.1) is 11.6 Å². The Bertz CT molecular complexity index is 1490. The summed E-state index contributed by atoms with van der Waals surface area (Å²) in [6.45, 7) is 3.19. The lowest BCUT2D eigenvalue weighted by molar-refractivity contribution is -0.138. The van der Waals surface area contributed by atoms with Crippen LogP contribution < -0.4 is 4.74 Å². The van der Waals surface area contributed by atoms with E-state index in [1.165, 1.54) is 48.2 Å². The fourth-order valence-corrected chi connectivity index (χ4v) is 4.06. The van der Waals surface area contributed by atoms with E-state index in [2.05, 4.69) is 16.4 Å². The number of nitrogens with zero attached hydrogens (tertiary/aromatic N) is 2. The number of alkyl halides is 3. The number of aromatic nitrogens is 2. The van der Waals surface area contributed by atoms with Crippen molar-refractivity contribution in [2.24, 2.45) is 0 Å². The van der Waals surface area contributed by atoms with Gasteiger partial charge in [-0.05, 0) is 41.5 Å². The molecule has 0 aliphatic heterocycles. The number of hydrogen-bond donors (Lipinski definition) is 0. The summed E-state index contributed by atoms with van der Waals surface area (Å²) >= 11 is 0. The lowest BCUT2D eigenvalue weighted by Crippen LogP contribution is -2.14. The van der Waals surface area contributed by atoms with Crippen LogP contribution in [-0.2, 0) is 17.5 Å². The summed E-state index contributed by atoms with van der Waals surface area (Å²) in [4.78, 5) is 12.0. The van der Waals surface area contributed by atoms with Gasteiger partial charge in [0.25, 0.3) is 0 Å². The molecule has 186 valence electrons. The summed E-state index contributed by atoms with van der Waals surface area (Å²) in [5, 5.41) is 4.21. The molecule has 1 heterocycles. The summed E-state index contributed by atoms with van der Waals surface area (Å²) in [6, 6.07) is 9.69. The van der Waals surface area contributed by atoms with Gasteiger partial charge in [0.05, 0.1) is 37.2 Å². The van der Waals surface area contributed by atoms with Crippen molar-refractivity contribution < 1.29 is 36.2 Å². The van der Waals surface area contributed by atoms with E-state index in [0.29, 0.717) is 0 Å². The normalized spacial score (nSPS) is 11.5. The maximum atomic E-state index is 15.2. The third kappa shape index (κ3) is 4.30. The number of fused-ring (bicyclic) bond motifs is 1. The van der Waals surface area contributed by atoms with Crippen molar-refractivity contribution in [1.82, 2.24) is 9.78 Å². The van der Waals surface area contributed by atoms with Crippen LogP contribution in [0.15, 0.2) is 55.1 Å². The average Bonchev–Trinajstić information content (AvgIpc) is 3.22. The zero-order valence-electron chi connectivity index (χ0n) is 19.1. The minimum absolute atomic E-state index is 0.0475. The number of carbonyl (C=O) groups excluding carboxylic acids is 1. The molecule has 0 N–H and O–H groups in total. The third-order valence-corrected chi connectivity index (χ3v) is 5.72. The van der Waals surface area contributed by atoms with Gasteiger partial charge in [0.15, 0.2) is 0 Å². The van der Waals surface area contributed by atoms with Crippen LogP contribution in [0.5, 0.6) is 5.75 Å². The van der Waals surface area contributed by atoms with Gasteiger partial charge < -0.3 is 9.47 Å². The predicted molar refractivity (Wildman–Crippen MR) is 124 cm³/mol. The van der Waals surface area contributed by atoms with Crippen molar-refractivity contribution >= 4 is 22.9 Å². The lowest BCUT2D eigenvalue weighted by atomic mass is 10.00. The molecule has 0 unspecified atom stereocenters. The third-order valence-electron chi connectivity index (χ3n) is 5.72. The highest BCUT2D eigenvalue weighted by Gasteiger charge is 2.34. The molecule has 0 fully saturated rings. The number of hydrogen-bond acceptors (Lipinski definition) is 4. The number of ether oxygens (including phenoxy) is 2. The first kappa shape index (κ1) is 24.9. The van der Waals surface area contributed by atoms with Gasteiger partial charge in [0, 0.05) is 5.56 Å². The highest BCUT2D eigenvalue weighted by molar-refractivity contribution is 5.97. The number of halogens is 5. The van der Waals surface area contributed by atoms with E-state index in [1.807, 2.05) is 0 Å². The minimum Gasteiger partial charge on any atom is -0.496 e. The number of esters is 1. The van der Waals surface area contributed by atoms with Gasteiger partial charge in [-0.3, -0.25) is 4.68 Å².